The number of hydrogen-bond acceptors (Lipinski definition) is 3. The van der Waals surface area contributed by atoms with Crippen molar-refractivity contribution >= 4 is 5.91 Å². The molecule has 1 saturated carbocycles. The van der Waals surface area contributed by atoms with Gasteiger partial charge in [-0.3, -0.25) is 9.59 Å². The molecule has 2 aromatic rings. The van der Waals surface area contributed by atoms with Gasteiger partial charge >= 0.3 is 0 Å². The second-order valence-electron chi connectivity index (χ2n) is 4.69. The molecule has 19 heavy (non-hydrogen) atoms. The molecule has 0 bridgehead atoms. The molecule has 2 aromatic heterocycles. The molecular formula is C14H14N2O3. The molecule has 1 fully saturated rings. The van der Waals surface area contributed by atoms with Crippen LogP contribution in [-0.4, -0.2) is 21.8 Å². The Kier molecular flexibility index (Phi) is 2.95. The summed E-state index contributed by atoms with van der Waals surface area (Å²) < 4.78 is 5.30. The first-order chi connectivity index (χ1) is 9.24. The second kappa shape index (κ2) is 4.76. The first kappa shape index (κ1) is 11.8. The Morgan fingerprint density at radius 1 is 1.37 bits per heavy atom. The number of aromatic amines is 1. The van der Waals surface area contributed by atoms with Crippen LogP contribution < -0.4 is 5.56 Å². The van der Waals surface area contributed by atoms with Gasteiger partial charge in [0.2, 0.25) is 5.56 Å². The number of hydrogen-bond donors (Lipinski definition) is 1. The lowest BCUT2D eigenvalue weighted by molar-refractivity contribution is 0.0717. The molecule has 98 valence electrons. The van der Waals surface area contributed by atoms with E-state index in [2.05, 4.69) is 4.98 Å². The number of amides is 1. The Labute approximate surface area is 109 Å². The van der Waals surface area contributed by atoms with Crippen molar-refractivity contribution in [1.82, 2.24) is 9.88 Å². The smallest absolute Gasteiger partial charge is 0.255 e. The third kappa shape index (κ3) is 2.59. The molecule has 5 nitrogen and oxygen atoms in total. The maximum absolute atomic E-state index is 12.4. The Hall–Kier alpha value is -2.30. The minimum atomic E-state index is -0.208. The van der Waals surface area contributed by atoms with Crippen LogP contribution in [0.5, 0.6) is 0 Å². The van der Waals surface area contributed by atoms with Gasteiger partial charge in [0.05, 0.1) is 18.4 Å². The van der Waals surface area contributed by atoms with Gasteiger partial charge in [-0.2, -0.15) is 0 Å². The molecule has 5 heteroatoms. The number of nitrogens with zero attached hydrogens (tertiary/aromatic N) is 1. The van der Waals surface area contributed by atoms with E-state index in [1.54, 1.807) is 17.2 Å². The van der Waals surface area contributed by atoms with Crippen molar-refractivity contribution in [2.45, 2.75) is 25.4 Å². The van der Waals surface area contributed by atoms with E-state index in [1.165, 1.54) is 12.3 Å². The molecule has 0 saturated heterocycles. The van der Waals surface area contributed by atoms with E-state index in [9.17, 15) is 9.59 Å². The molecule has 0 atom stereocenters. The molecule has 0 unspecified atom stereocenters. The fourth-order valence-corrected chi connectivity index (χ4v) is 2.03. The topological polar surface area (TPSA) is 66.3 Å². The molecule has 0 radical (unpaired) electrons. The van der Waals surface area contributed by atoms with Crippen LogP contribution in [0.2, 0.25) is 0 Å². The summed E-state index contributed by atoms with van der Waals surface area (Å²) >= 11 is 0. The van der Waals surface area contributed by atoms with Gasteiger partial charge < -0.3 is 14.3 Å². The van der Waals surface area contributed by atoms with Crippen molar-refractivity contribution in [2.24, 2.45) is 0 Å². The summed E-state index contributed by atoms with van der Waals surface area (Å²) in [6.45, 7) is 0.468. The number of carbonyl (C=O) groups is 1. The molecule has 1 aliphatic rings. The van der Waals surface area contributed by atoms with E-state index < -0.39 is 0 Å². The number of aromatic nitrogens is 1. The highest BCUT2D eigenvalue weighted by Gasteiger charge is 2.33. The lowest BCUT2D eigenvalue weighted by Gasteiger charge is -2.21. The van der Waals surface area contributed by atoms with Crippen molar-refractivity contribution in [3.05, 3.63) is 58.4 Å². The Bertz CT molecular complexity index is 606. The summed E-state index contributed by atoms with van der Waals surface area (Å²) in [6.07, 6.45) is 5.11. The van der Waals surface area contributed by atoms with Crippen LogP contribution in [0.15, 0.2) is 45.9 Å². The molecule has 0 spiro atoms. The maximum atomic E-state index is 12.4. The van der Waals surface area contributed by atoms with E-state index in [4.69, 9.17) is 4.42 Å². The number of carbonyl (C=O) groups excluding carboxylic acids is 1. The normalized spacial score (nSPS) is 14.3. The molecular weight excluding hydrogens is 244 g/mol. The third-order valence-electron chi connectivity index (χ3n) is 3.19. The van der Waals surface area contributed by atoms with Crippen molar-refractivity contribution < 1.29 is 9.21 Å². The molecule has 0 aliphatic heterocycles. The Morgan fingerprint density at radius 2 is 2.21 bits per heavy atom. The number of pyridine rings is 1. The fourth-order valence-electron chi connectivity index (χ4n) is 2.03. The zero-order chi connectivity index (χ0) is 13.2. The van der Waals surface area contributed by atoms with Gasteiger partial charge in [-0.05, 0) is 31.0 Å². The van der Waals surface area contributed by atoms with Gasteiger partial charge in [-0.15, -0.1) is 0 Å². The first-order valence-corrected chi connectivity index (χ1v) is 6.26. The van der Waals surface area contributed by atoms with Crippen molar-refractivity contribution in [2.75, 3.05) is 0 Å². The van der Waals surface area contributed by atoms with E-state index in [-0.39, 0.29) is 17.5 Å². The maximum Gasteiger partial charge on any atom is 0.255 e. The lowest BCUT2D eigenvalue weighted by atomic mass is 10.2. The minimum Gasteiger partial charge on any atom is -0.467 e. The summed E-state index contributed by atoms with van der Waals surface area (Å²) in [5.74, 6) is 0.694. The third-order valence-corrected chi connectivity index (χ3v) is 3.19. The molecule has 2 heterocycles. The summed E-state index contributed by atoms with van der Waals surface area (Å²) in [5.41, 5.74) is 0.290. The largest absolute Gasteiger partial charge is 0.467 e. The van der Waals surface area contributed by atoms with Gasteiger partial charge in [0.25, 0.3) is 5.91 Å². The quantitative estimate of drug-likeness (QED) is 0.908. The van der Waals surface area contributed by atoms with Crippen LogP contribution in [0.4, 0.5) is 0 Å². The predicted molar refractivity (Wildman–Crippen MR) is 68.7 cm³/mol. The van der Waals surface area contributed by atoms with Crippen molar-refractivity contribution in [3.63, 3.8) is 0 Å². The van der Waals surface area contributed by atoms with Crippen LogP contribution in [-0.2, 0) is 6.54 Å². The zero-order valence-corrected chi connectivity index (χ0v) is 10.3. The molecule has 3 rings (SSSR count). The standard InChI is InChI=1S/C14H14N2O3/c17-13-6-3-10(8-15-13)14(18)16(11-4-5-11)9-12-2-1-7-19-12/h1-3,6-8,11H,4-5,9H2,(H,15,17). The fraction of sp³-hybridized carbons (Fsp3) is 0.286. The summed E-state index contributed by atoms with van der Waals surface area (Å²) in [6, 6.07) is 6.87. The average Bonchev–Trinajstić information content (AvgIpc) is 3.13. The Morgan fingerprint density at radius 3 is 2.79 bits per heavy atom. The number of H-pyrrole nitrogens is 1. The van der Waals surface area contributed by atoms with Crippen LogP contribution in [0, 0.1) is 0 Å². The van der Waals surface area contributed by atoms with E-state index in [1.807, 2.05) is 12.1 Å². The average molecular weight is 258 g/mol. The Balaban J connectivity index is 1.81. The first-order valence-electron chi connectivity index (χ1n) is 6.26. The highest BCUT2D eigenvalue weighted by molar-refractivity contribution is 5.94. The minimum absolute atomic E-state index is 0.0739. The lowest BCUT2D eigenvalue weighted by Crippen LogP contribution is -2.32. The number of furan rings is 1. The highest BCUT2D eigenvalue weighted by Crippen LogP contribution is 2.29. The van der Waals surface area contributed by atoms with E-state index >= 15 is 0 Å². The zero-order valence-electron chi connectivity index (χ0n) is 10.3. The van der Waals surface area contributed by atoms with Crippen LogP contribution in [0.25, 0.3) is 0 Å². The number of nitrogens with one attached hydrogen (secondary N) is 1. The summed E-state index contributed by atoms with van der Waals surface area (Å²) in [5, 5.41) is 0. The highest BCUT2D eigenvalue weighted by atomic mass is 16.3. The molecule has 1 amide bonds. The summed E-state index contributed by atoms with van der Waals surface area (Å²) in [4.78, 5) is 27.8. The van der Waals surface area contributed by atoms with Crippen LogP contribution >= 0.6 is 0 Å². The number of rotatable bonds is 4. The SMILES string of the molecule is O=C(c1ccc(=O)[nH]c1)N(Cc1ccco1)C1CC1. The molecule has 1 aliphatic carbocycles. The van der Waals surface area contributed by atoms with Gasteiger partial charge in [0, 0.05) is 18.3 Å². The monoisotopic (exact) mass is 258 g/mol. The van der Waals surface area contributed by atoms with Gasteiger partial charge in [-0.25, -0.2) is 0 Å². The molecule has 0 aromatic carbocycles. The van der Waals surface area contributed by atoms with Crippen LogP contribution in [0.3, 0.4) is 0 Å². The van der Waals surface area contributed by atoms with Gasteiger partial charge in [-0.1, -0.05) is 0 Å². The van der Waals surface area contributed by atoms with Crippen molar-refractivity contribution in [3.8, 4) is 0 Å². The molecule has 1 N–H and O–H groups in total. The second-order valence-corrected chi connectivity index (χ2v) is 4.69. The van der Waals surface area contributed by atoms with Crippen LogP contribution in [0.1, 0.15) is 29.0 Å². The van der Waals surface area contributed by atoms with Gasteiger partial charge in [0.1, 0.15) is 5.76 Å². The predicted octanol–water partition coefficient (Wildman–Crippen LogP) is 1.77. The van der Waals surface area contributed by atoms with Gasteiger partial charge in [0.15, 0.2) is 0 Å². The van der Waals surface area contributed by atoms with E-state index in [0.29, 0.717) is 12.1 Å². The van der Waals surface area contributed by atoms with E-state index in [0.717, 1.165) is 18.6 Å². The van der Waals surface area contributed by atoms with Crippen molar-refractivity contribution in [1.29, 1.82) is 0 Å². The summed E-state index contributed by atoms with van der Waals surface area (Å²) in [7, 11) is 0.